The van der Waals surface area contributed by atoms with Gasteiger partial charge in [0.2, 0.25) is 0 Å². The number of hydrogen-bond donors (Lipinski definition) is 0. The van der Waals surface area contributed by atoms with Gasteiger partial charge in [0, 0.05) is 23.7 Å². The van der Waals surface area contributed by atoms with E-state index < -0.39 is 0 Å². The molecule has 0 unspecified atom stereocenters. The van der Waals surface area contributed by atoms with Crippen LogP contribution in [0.2, 0.25) is 5.02 Å². The van der Waals surface area contributed by atoms with Crippen LogP contribution in [0.5, 0.6) is 0 Å². The molecule has 1 amide bonds. The van der Waals surface area contributed by atoms with Crippen molar-refractivity contribution in [1.29, 1.82) is 0 Å². The van der Waals surface area contributed by atoms with Gasteiger partial charge in [-0.25, -0.2) is 4.98 Å². The summed E-state index contributed by atoms with van der Waals surface area (Å²) in [5.41, 5.74) is 2.45. The maximum atomic E-state index is 12.8. The van der Waals surface area contributed by atoms with Crippen LogP contribution in [0.3, 0.4) is 0 Å². The van der Waals surface area contributed by atoms with Crippen LogP contribution in [-0.2, 0) is 13.1 Å². The lowest BCUT2D eigenvalue weighted by Crippen LogP contribution is -2.38. The molecule has 5 nitrogen and oxygen atoms in total. The van der Waals surface area contributed by atoms with Gasteiger partial charge in [0.05, 0.1) is 24.0 Å². The smallest absolute Gasteiger partial charge is 0.257 e. The molecule has 0 saturated heterocycles. The lowest BCUT2D eigenvalue weighted by Gasteiger charge is -2.28. The first-order valence-corrected chi connectivity index (χ1v) is 9.07. The van der Waals surface area contributed by atoms with Crippen LogP contribution in [0, 0.1) is 25.7 Å². The van der Waals surface area contributed by atoms with Gasteiger partial charge in [-0.1, -0.05) is 23.6 Å². The van der Waals surface area contributed by atoms with E-state index in [4.69, 9.17) is 16.0 Å². The first-order valence-electron chi connectivity index (χ1n) is 8.69. The number of carbonyl (C=O) groups excluding carboxylic acids is 1. The highest BCUT2D eigenvalue weighted by atomic mass is 35.5. The predicted molar refractivity (Wildman–Crippen MR) is 103 cm³/mol. The van der Waals surface area contributed by atoms with Crippen molar-refractivity contribution in [2.24, 2.45) is 0 Å². The van der Waals surface area contributed by atoms with Crippen LogP contribution in [0.15, 0.2) is 40.9 Å². The molecule has 6 heteroatoms. The third-order valence-electron chi connectivity index (χ3n) is 4.59. The van der Waals surface area contributed by atoms with Gasteiger partial charge in [-0.2, -0.15) is 0 Å². The number of rotatable bonds is 1. The fraction of sp³-hybridized carbons (Fsp3) is 0.238. The van der Waals surface area contributed by atoms with Crippen molar-refractivity contribution in [3.8, 4) is 11.8 Å². The van der Waals surface area contributed by atoms with E-state index in [9.17, 15) is 4.79 Å². The van der Waals surface area contributed by atoms with Crippen molar-refractivity contribution in [2.45, 2.75) is 26.9 Å². The summed E-state index contributed by atoms with van der Waals surface area (Å²) in [6.07, 6.45) is 1.79. The van der Waals surface area contributed by atoms with Crippen molar-refractivity contribution in [1.82, 2.24) is 14.5 Å². The molecule has 1 aliphatic heterocycles. The van der Waals surface area contributed by atoms with Gasteiger partial charge in [0.1, 0.15) is 11.5 Å². The molecule has 0 bridgehead atoms. The average molecular weight is 380 g/mol. The predicted octanol–water partition coefficient (Wildman–Crippen LogP) is 3.80. The monoisotopic (exact) mass is 379 g/mol. The molecule has 3 heterocycles. The molecule has 27 heavy (non-hydrogen) atoms. The largest absolute Gasteiger partial charge is 0.466 e. The molecule has 0 fully saturated rings. The molecule has 136 valence electrons. The van der Waals surface area contributed by atoms with Crippen LogP contribution < -0.4 is 0 Å². The second-order valence-electron chi connectivity index (χ2n) is 6.54. The minimum Gasteiger partial charge on any atom is -0.466 e. The highest BCUT2D eigenvalue weighted by Gasteiger charge is 2.25. The minimum atomic E-state index is -0.0108. The standard InChI is InChI=1S/C21H18ClN3O2/c1-14-10-19(15(2)27-14)21(26)24-8-9-25-18(13-24)12-23-20(25)7-6-16-4-3-5-17(22)11-16/h3-5,10-12H,8-9,13H2,1-2H3. The molecule has 0 spiro atoms. The number of hydrogen-bond acceptors (Lipinski definition) is 3. The highest BCUT2D eigenvalue weighted by Crippen LogP contribution is 2.20. The fourth-order valence-electron chi connectivity index (χ4n) is 3.26. The van der Waals surface area contributed by atoms with Gasteiger partial charge in [-0.05, 0) is 44.0 Å². The first-order chi connectivity index (χ1) is 13.0. The number of carbonyl (C=O) groups is 1. The second-order valence-corrected chi connectivity index (χ2v) is 6.98. The van der Waals surface area contributed by atoms with Crippen molar-refractivity contribution < 1.29 is 9.21 Å². The third kappa shape index (κ3) is 3.49. The quantitative estimate of drug-likeness (QED) is 0.604. The van der Waals surface area contributed by atoms with Crippen LogP contribution in [0.25, 0.3) is 0 Å². The Morgan fingerprint density at radius 2 is 2.07 bits per heavy atom. The van der Waals surface area contributed by atoms with Crippen molar-refractivity contribution in [2.75, 3.05) is 6.54 Å². The number of imidazole rings is 1. The Labute approximate surface area is 162 Å². The van der Waals surface area contributed by atoms with Gasteiger partial charge < -0.3 is 13.9 Å². The Bertz CT molecular complexity index is 1080. The Morgan fingerprint density at radius 1 is 1.22 bits per heavy atom. The van der Waals surface area contributed by atoms with Crippen LogP contribution in [0.1, 0.15) is 39.0 Å². The zero-order valence-corrected chi connectivity index (χ0v) is 15.9. The van der Waals surface area contributed by atoms with Gasteiger partial charge in [-0.15, -0.1) is 0 Å². The molecular formula is C21H18ClN3O2. The second kappa shape index (κ2) is 6.98. The zero-order chi connectivity index (χ0) is 19.0. The number of aryl methyl sites for hydroxylation is 2. The van der Waals surface area contributed by atoms with Gasteiger partial charge >= 0.3 is 0 Å². The normalized spacial score (nSPS) is 13.1. The van der Waals surface area contributed by atoms with Crippen LogP contribution in [-0.4, -0.2) is 26.9 Å². The summed E-state index contributed by atoms with van der Waals surface area (Å²) in [6, 6.07) is 9.22. The summed E-state index contributed by atoms with van der Waals surface area (Å²) in [5.74, 6) is 8.30. The van der Waals surface area contributed by atoms with E-state index in [1.807, 2.05) is 43.0 Å². The molecule has 3 aromatic rings. The van der Waals surface area contributed by atoms with E-state index in [-0.39, 0.29) is 5.91 Å². The summed E-state index contributed by atoms with van der Waals surface area (Å²) < 4.78 is 7.55. The minimum absolute atomic E-state index is 0.0108. The summed E-state index contributed by atoms with van der Waals surface area (Å²) >= 11 is 6.00. The van der Waals surface area contributed by atoms with Crippen LogP contribution >= 0.6 is 11.6 Å². The molecule has 0 atom stereocenters. The maximum Gasteiger partial charge on any atom is 0.257 e. The SMILES string of the molecule is Cc1cc(C(=O)N2CCn3c(cnc3C#Cc3cccc(Cl)c3)C2)c(C)o1. The number of fused-ring (bicyclic) bond motifs is 1. The number of nitrogens with zero attached hydrogens (tertiary/aromatic N) is 3. The lowest BCUT2D eigenvalue weighted by molar-refractivity contribution is 0.0709. The summed E-state index contributed by atoms with van der Waals surface area (Å²) in [5, 5.41) is 0.658. The molecule has 0 N–H and O–H groups in total. The Morgan fingerprint density at radius 3 is 2.81 bits per heavy atom. The Balaban J connectivity index is 1.54. The lowest BCUT2D eigenvalue weighted by atomic mass is 10.2. The molecule has 1 aromatic carbocycles. The Kier molecular flexibility index (Phi) is 4.51. The molecule has 2 aromatic heterocycles. The summed E-state index contributed by atoms with van der Waals surface area (Å²) in [7, 11) is 0. The van der Waals surface area contributed by atoms with E-state index >= 15 is 0 Å². The van der Waals surface area contributed by atoms with E-state index in [2.05, 4.69) is 21.4 Å². The maximum absolute atomic E-state index is 12.8. The molecule has 1 aliphatic rings. The van der Waals surface area contributed by atoms with E-state index in [0.717, 1.165) is 17.0 Å². The number of halogens is 1. The summed E-state index contributed by atoms with van der Waals surface area (Å²) in [4.78, 5) is 19.0. The third-order valence-corrected chi connectivity index (χ3v) is 4.82. The zero-order valence-electron chi connectivity index (χ0n) is 15.1. The van der Waals surface area contributed by atoms with E-state index in [1.165, 1.54) is 0 Å². The average Bonchev–Trinajstić information content (AvgIpc) is 3.21. The van der Waals surface area contributed by atoms with Crippen molar-refractivity contribution >= 4 is 17.5 Å². The molecule has 0 radical (unpaired) electrons. The summed E-state index contributed by atoms with van der Waals surface area (Å²) in [6.45, 7) is 5.44. The fourth-order valence-corrected chi connectivity index (χ4v) is 3.45. The van der Waals surface area contributed by atoms with Gasteiger partial charge in [0.15, 0.2) is 5.82 Å². The van der Waals surface area contributed by atoms with Crippen molar-refractivity contribution in [3.63, 3.8) is 0 Å². The van der Waals surface area contributed by atoms with Crippen molar-refractivity contribution in [3.05, 3.63) is 75.7 Å². The molecule has 0 aliphatic carbocycles. The molecule has 4 rings (SSSR count). The highest BCUT2D eigenvalue weighted by molar-refractivity contribution is 6.30. The topological polar surface area (TPSA) is 51.3 Å². The van der Waals surface area contributed by atoms with Gasteiger partial charge in [0.25, 0.3) is 5.91 Å². The van der Waals surface area contributed by atoms with Crippen LogP contribution in [0.4, 0.5) is 0 Å². The van der Waals surface area contributed by atoms with Gasteiger partial charge in [-0.3, -0.25) is 4.79 Å². The molecule has 0 saturated carbocycles. The first kappa shape index (κ1) is 17.4. The molecular weight excluding hydrogens is 362 g/mol. The number of amides is 1. The Hall–Kier alpha value is -2.97. The number of furan rings is 1. The number of benzene rings is 1. The van der Waals surface area contributed by atoms with E-state index in [0.29, 0.717) is 41.8 Å². The number of aromatic nitrogens is 2. The van der Waals surface area contributed by atoms with E-state index in [1.54, 1.807) is 12.3 Å².